The second-order valence-electron chi connectivity index (χ2n) is 4.56. The zero-order chi connectivity index (χ0) is 16.5. The van der Waals surface area contributed by atoms with E-state index >= 15 is 0 Å². The highest BCUT2D eigenvalue weighted by Crippen LogP contribution is 2.35. The summed E-state index contributed by atoms with van der Waals surface area (Å²) >= 11 is 1.41. The predicted molar refractivity (Wildman–Crippen MR) is 89.8 cm³/mol. The van der Waals surface area contributed by atoms with Gasteiger partial charge in [0.05, 0.1) is 6.61 Å². The Morgan fingerprint density at radius 2 is 1.61 bits per heavy atom. The maximum Gasteiger partial charge on any atom is 0.426 e. The van der Waals surface area contributed by atoms with Gasteiger partial charge in [0.2, 0.25) is 0 Å². The van der Waals surface area contributed by atoms with Crippen molar-refractivity contribution in [1.82, 2.24) is 10.9 Å². The number of hydrazine groups is 1. The summed E-state index contributed by atoms with van der Waals surface area (Å²) < 4.78 is 4.72. The topological polar surface area (TPSA) is 67.4 Å². The van der Waals surface area contributed by atoms with Gasteiger partial charge in [0.25, 0.3) is 5.91 Å². The molecule has 0 unspecified atom stereocenters. The molecule has 0 bridgehead atoms. The van der Waals surface area contributed by atoms with E-state index in [-0.39, 0.29) is 12.5 Å². The molecular formula is C17H18N2O3S. The van der Waals surface area contributed by atoms with Crippen LogP contribution in [0.5, 0.6) is 0 Å². The second-order valence-corrected chi connectivity index (χ2v) is 5.73. The van der Waals surface area contributed by atoms with Crippen LogP contribution in [0, 0.1) is 0 Å². The Balaban J connectivity index is 2.10. The average molecular weight is 330 g/mol. The number of benzene rings is 2. The lowest BCUT2D eigenvalue weighted by Gasteiger charge is -2.17. The molecule has 2 amide bonds. The molecule has 2 rings (SSSR count). The van der Waals surface area contributed by atoms with E-state index in [0.717, 1.165) is 10.5 Å². The number of amides is 2. The number of nitrogens with one attached hydrogen (secondary N) is 2. The summed E-state index contributed by atoms with van der Waals surface area (Å²) in [5.41, 5.74) is 5.50. The molecule has 6 heteroatoms. The summed E-state index contributed by atoms with van der Waals surface area (Å²) in [4.78, 5) is 24.7. The van der Waals surface area contributed by atoms with E-state index in [0.29, 0.717) is 0 Å². The molecule has 23 heavy (non-hydrogen) atoms. The SMILES string of the molecule is CCOC(=O)NNC(=O)[C@@H](Sc1ccccc1)c1ccccc1. The van der Waals surface area contributed by atoms with E-state index in [1.165, 1.54) is 11.8 Å². The Bertz CT molecular complexity index is 635. The van der Waals surface area contributed by atoms with Crippen molar-refractivity contribution in [3.63, 3.8) is 0 Å². The highest BCUT2D eigenvalue weighted by atomic mass is 32.2. The number of hydrogen-bond donors (Lipinski definition) is 2. The fraction of sp³-hybridized carbons (Fsp3) is 0.176. The number of carbonyl (C=O) groups excluding carboxylic acids is 2. The zero-order valence-electron chi connectivity index (χ0n) is 12.7. The first-order chi connectivity index (χ1) is 11.2. The third-order valence-electron chi connectivity index (χ3n) is 2.90. The summed E-state index contributed by atoms with van der Waals surface area (Å²) in [5.74, 6) is -0.321. The normalized spacial score (nSPS) is 11.3. The van der Waals surface area contributed by atoms with Gasteiger partial charge in [-0.15, -0.1) is 11.8 Å². The first-order valence-corrected chi connectivity index (χ1v) is 8.08. The smallest absolute Gasteiger partial charge is 0.426 e. The van der Waals surface area contributed by atoms with Gasteiger partial charge in [-0.05, 0) is 24.6 Å². The van der Waals surface area contributed by atoms with E-state index in [1.54, 1.807) is 6.92 Å². The molecule has 0 radical (unpaired) electrons. The van der Waals surface area contributed by atoms with Crippen LogP contribution in [0.3, 0.4) is 0 Å². The molecule has 2 N–H and O–H groups in total. The van der Waals surface area contributed by atoms with Crippen molar-refractivity contribution in [2.24, 2.45) is 0 Å². The van der Waals surface area contributed by atoms with Gasteiger partial charge in [-0.2, -0.15) is 0 Å². The van der Waals surface area contributed by atoms with Crippen molar-refractivity contribution in [3.8, 4) is 0 Å². The summed E-state index contributed by atoms with van der Waals surface area (Å²) in [6.07, 6.45) is -0.683. The molecule has 5 nitrogen and oxygen atoms in total. The molecule has 0 heterocycles. The number of hydrogen-bond acceptors (Lipinski definition) is 4. The number of rotatable bonds is 5. The molecule has 0 spiro atoms. The van der Waals surface area contributed by atoms with Crippen LogP contribution in [0.15, 0.2) is 65.6 Å². The van der Waals surface area contributed by atoms with Crippen LogP contribution in [0.1, 0.15) is 17.7 Å². The number of thioether (sulfide) groups is 1. The Kier molecular flexibility index (Phi) is 6.50. The van der Waals surface area contributed by atoms with Crippen molar-refractivity contribution in [3.05, 3.63) is 66.2 Å². The lowest BCUT2D eigenvalue weighted by Crippen LogP contribution is -2.43. The van der Waals surface area contributed by atoms with Gasteiger partial charge in [-0.25, -0.2) is 10.2 Å². The Morgan fingerprint density at radius 1 is 1.00 bits per heavy atom. The van der Waals surface area contributed by atoms with Crippen LogP contribution in [-0.4, -0.2) is 18.6 Å². The molecule has 2 aromatic carbocycles. The summed E-state index contributed by atoms with van der Waals surface area (Å²) in [6.45, 7) is 1.93. The molecule has 0 saturated heterocycles. The minimum absolute atomic E-state index is 0.239. The first kappa shape index (κ1) is 16.9. The molecular weight excluding hydrogens is 312 g/mol. The van der Waals surface area contributed by atoms with Crippen LogP contribution in [0.2, 0.25) is 0 Å². The molecule has 0 aliphatic carbocycles. The largest absolute Gasteiger partial charge is 0.449 e. The number of ether oxygens (including phenoxy) is 1. The molecule has 0 aliphatic rings. The number of carbonyl (C=O) groups is 2. The van der Waals surface area contributed by atoms with E-state index < -0.39 is 11.3 Å². The van der Waals surface area contributed by atoms with Crippen molar-refractivity contribution in [2.75, 3.05) is 6.61 Å². The van der Waals surface area contributed by atoms with Crippen molar-refractivity contribution in [2.45, 2.75) is 17.1 Å². The van der Waals surface area contributed by atoms with Crippen LogP contribution in [0.25, 0.3) is 0 Å². The third-order valence-corrected chi connectivity index (χ3v) is 4.17. The predicted octanol–water partition coefficient (Wildman–Crippen LogP) is 3.30. The lowest BCUT2D eigenvalue weighted by atomic mass is 10.1. The minimum Gasteiger partial charge on any atom is -0.449 e. The van der Waals surface area contributed by atoms with Gasteiger partial charge in [0, 0.05) is 4.90 Å². The van der Waals surface area contributed by atoms with E-state index in [4.69, 9.17) is 4.74 Å². The molecule has 0 saturated carbocycles. The van der Waals surface area contributed by atoms with Crippen molar-refractivity contribution >= 4 is 23.8 Å². The Morgan fingerprint density at radius 3 is 2.22 bits per heavy atom. The minimum atomic E-state index is -0.683. The highest BCUT2D eigenvalue weighted by molar-refractivity contribution is 8.00. The maximum atomic E-state index is 12.5. The molecule has 120 valence electrons. The summed E-state index contributed by atoms with van der Waals surface area (Å²) in [7, 11) is 0. The van der Waals surface area contributed by atoms with Crippen LogP contribution in [0.4, 0.5) is 4.79 Å². The monoisotopic (exact) mass is 330 g/mol. The molecule has 2 aromatic rings. The molecule has 0 fully saturated rings. The van der Waals surface area contributed by atoms with Crippen LogP contribution < -0.4 is 10.9 Å². The van der Waals surface area contributed by atoms with Gasteiger partial charge in [-0.3, -0.25) is 10.2 Å². The van der Waals surface area contributed by atoms with Gasteiger partial charge < -0.3 is 4.74 Å². The lowest BCUT2D eigenvalue weighted by molar-refractivity contribution is -0.121. The first-order valence-electron chi connectivity index (χ1n) is 7.20. The van der Waals surface area contributed by atoms with Gasteiger partial charge in [0.1, 0.15) is 5.25 Å². The zero-order valence-corrected chi connectivity index (χ0v) is 13.5. The second kappa shape index (κ2) is 8.85. The van der Waals surface area contributed by atoms with E-state index in [9.17, 15) is 9.59 Å². The molecule has 0 aromatic heterocycles. The molecule has 0 aliphatic heterocycles. The van der Waals surface area contributed by atoms with Crippen LogP contribution >= 0.6 is 11.8 Å². The average Bonchev–Trinajstić information content (AvgIpc) is 2.59. The highest BCUT2D eigenvalue weighted by Gasteiger charge is 2.22. The summed E-state index contributed by atoms with van der Waals surface area (Å²) in [6, 6.07) is 19.0. The van der Waals surface area contributed by atoms with E-state index in [1.807, 2.05) is 60.7 Å². The summed E-state index contributed by atoms with van der Waals surface area (Å²) in [5, 5.41) is -0.486. The van der Waals surface area contributed by atoms with Crippen LogP contribution in [-0.2, 0) is 9.53 Å². The van der Waals surface area contributed by atoms with Gasteiger partial charge in [0.15, 0.2) is 0 Å². The Labute approximate surface area is 139 Å². The van der Waals surface area contributed by atoms with Gasteiger partial charge in [-0.1, -0.05) is 48.5 Å². The Hall–Kier alpha value is -2.47. The fourth-order valence-corrected chi connectivity index (χ4v) is 2.93. The maximum absolute atomic E-state index is 12.5. The van der Waals surface area contributed by atoms with Gasteiger partial charge >= 0.3 is 6.09 Å². The third kappa shape index (κ3) is 5.34. The fourth-order valence-electron chi connectivity index (χ4n) is 1.88. The standard InChI is InChI=1S/C17H18N2O3S/c1-2-22-17(21)19-18-16(20)15(13-9-5-3-6-10-13)23-14-11-7-4-8-12-14/h3-12,15H,2H2,1H3,(H,18,20)(H,19,21)/t15-/m0/s1. The van der Waals surface area contributed by atoms with E-state index in [2.05, 4.69) is 10.9 Å². The van der Waals surface area contributed by atoms with Crippen molar-refractivity contribution in [1.29, 1.82) is 0 Å². The molecule has 1 atom stereocenters. The van der Waals surface area contributed by atoms with Crippen molar-refractivity contribution < 1.29 is 14.3 Å². The quantitative estimate of drug-likeness (QED) is 0.652.